The Balaban J connectivity index is 0.00000289. The van der Waals surface area contributed by atoms with Crippen LogP contribution < -0.4 is 15.8 Å². The molecule has 0 radical (unpaired) electrons. The Kier molecular flexibility index (Phi) is 8.47. The van der Waals surface area contributed by atoms with Crippen LogP contribution in [0.5, 0.6) is 5.75 Å². The highest BCUT2D eigenvalue weighted by atomic mass is 127. The highest BCUT2D eigenvalue weighted by Gasteiger charge is 2.03. The number of aliphatic hydroxyl groups excluding tert-OH is 1. The van der Waals surface area contributed by atoms with Crippen LogP contribution in [0.2, 0.25) is 0 Å². The van der Waals surface area contributed by atoms with Crippen molar-refractivity contribution in [3.8, 4) is 5.75 Å². The minimum atomic E-state index is -0.152. The second-order valence-electron chi connectivity index (χ2n) is 3.61. The van der Waals surface area contributed by atoms with E-state index in [-0.39, 0.29) is 36.6 Å². The first-order chi connectivity index (χ1) is 8.19. The molecule has 0 saturated heterocycles. The Labute approximate surface area is 124 Å². The number of nitrogens with zero attached hydrogens (tertiary/aromatic N) is 1. The first kappa shape index (κ1) is 17.0. The number of hydrogen-bond acceptors (Lipinski definition) is 3. The number of rotatable bonds is 5. The van der Waals surface area contributed by atoms with Crippen LogP contribution in [0, 0.1) is 0 Å². The summed E-state index contributed by atoms with van der Waals surface area (Å²) in [6.45, 7) is 1.95. The number of nitrogens with two attached hydrogens (primary N) is 1. The quantitative estimate of drug-likeness (QED) is 0.423. The van der Waals surface area contributed by atoms with Gasteiger partial charge in [-0.15, -0.1) is 24.0 Å². The minimum Gasteiger partial charge on any atom is -0.497 e. The fourth-order valence-electron chi connectivity index (χ4n) is 1.31. The average molecular weight is 365 g/mol. The van der Waals surface area contributed by atoms with Gasteiger partial charge in [0, 0.05) is 5.69 Å². The molecule has 0 aliphatic heterocycles. The Morgan fingerprint density at radius 3 is 2.50 bits per heavy atom. The van der Waals surface area contributed by atoms with Crippen LogP contribution in [0.1, 0.15) is 13.3 Å². The number of nitrogens with one attached hydrogen (secondary N) is 1. The number of ether oxygens (including phenoxy) is 1. The smallest absolute Gasteiger partial charge is 0.193 e. The third-order valence-electron chi connectivity index (χ3n) is 2.37. The van der Waals surface area contributed by atoms with E-state index in [1.807, 2.05) is 31.2 Å². The molecular formula is C12H20IN3O2. The Bertz CT molecular complexity index is 364. The van der Waals surface area contributed by atoms with Crippen LogP contribution in [0.15, 0.2) is 29.3 Å². The van der Waals surface area contributed by atoms with Gasteiger partial charge in [-0.2, -0.15) is 0 Å². The Morgan fingerprint density at radius 1 is 1.44 bits per heavy atom. The second kappa shape index (κ2) is 8.98. The molecule has 4 N–H and O–H groups in total. The van der Waals surface area contributed by atoms with E-state index in [0.29, 0.717) is 5.96 Å². The van der Waals surface area contributed by atoms with Crippen LogP contribution in [-0.2, 0) is 0 Å². The topological polar surface area (TPSA) is 79.9 Å². The third-order valence-corrected chi connectivity index (χ3v) is 2.37. The van der Waals surface area contributed by atoms with Gasteiger partial charge in [0.15, 0.2) is 5.96 Å². The van der Waals surface area contributed by atoms with Crippen LogP contribution in [0.3, 0.4) is 0 Å². The lowest BCUT2D eigenvalue weighted by molar-refractivity contribution is 0.264. The summed E-state index contributed by atoms with van der Waals surface area (Å²) in [6.07, 6.45) is 0.751. The van der Waals surface area contributed by atoms with Crippen LogP contribution >= 0.6 is 24.0 Å². The molecule has 1 atom stereocenters. The first-order valence-electron chi connectivity index (χ1n) is 5.54. The van der Waals surface area contributed by atoms with Crippen LogP contribution in [0.25, 0.3) is 0 Å². The number of aliphatic hydroxyl groups is 1. The SMILES string of the molecule is CC[C@H](CO)N=C(N)Nc1ccc(OC)cc1.I. The lowest BCUT2D eigenvalue weighted by Crippen LogP contribution is -2.26. The van der Waals surface area contributed by atoms with Gasteiger partial charge in [0.25, 0.3) is 0 Å². The summed E-state index contributed by atoms with van der Waals surface area (Å²) >= 11 is 0. The van der Waals surface area contributed by atoms with E-state index in [2.05, 4.69) is 10.3 Å². The van der Waals surface area contributed by atoms with Crippen molar-refractivity contribution in [2.75, 3.05) is 19.0 Å². The molecular weight excluding hydrogens is 345 g/mol. The van der Waals surface area contributed by atoms with Gasteiger partial charge in [0.05, 0.1) is 19.8 Å². The maximum Gasteiger partial charge on any atom is 0.193 e. The number of anilines is 1. The normalized spacial score (nSPS) is 12.5. The summed E-state index contributed by atoms with van der Waals surface area (Å²) in [5.74, 6) is 1.09. The molecule has 18 heavy (non-hydrogen) atoms. The van der Waals surface area contributed by atoms with Crippen molar-refractivity contribution in [2.45, 2.75) is 19.4 Å². The van der Waals surface area contributed by atoms with E-state index in [9.17, 15) is 0 Å². The number of guanidine groups is 1. The lowest BCUT2D eigenvalue weighted by atomic mass is 10.2. The van der Waals surface area contributed by atoms with Gasteiger partial charge in [-0.1, -0.05) is 6.92 Å². The van der Waals surface area contributed by atoms with E-state index >= 15 is 0 Å². The number of methoxy groups -OCH3 is 1. The summed E-state index contributed by atoms with van der Waals surface area (Å²) in [5, 5.41) is 12.0. The lowest BCUT2D eigenvalue weighted by Gasteiger charge is -2.10. The molecule has 1 rings (SSSR count). The first-order valence-corrected chi connectivity index (χ1v) is 5.54. The van der Waals surface area contributed by atoms with E-state index in [1.54, 1.807) is 7.11 Å². The molecule has 5 nitrogen and oxygen atoms in total. The third kappa shape index (κ3) is 5.54. The summed E-state index contributed by atoms with van der Waals surface area (Å²) < 4.78 is 5.05. The summed E-state index contributed by atoms with van der Waals surface area (Å²) in [5.41, 5.74) is 6.56. The van der Waals surface area contributed by atoms with Crippen molar-refractivity contribution in [2.24, 2.45) is 10.7 Å². The van der Waals surface area contributed by atoms with Gasteiger partial charge in [-0.3, -0.25) is 0 Å². The Morgan fingerprint density at radius 2 is 2.06 bits per heavy atom. The molecule has 0 amide bonds. The standard InChI is InChI=1S/C12H19N3O2.HI/c1-3-9(8-16)14-12(13)15-10-4-6-11(17-2)7-5-10;/h4-7,9,16H,3,8H2,1-2H3,(H3,13,14,15);1H/t9-;/m1./s1. The van der Waals surface area contributed by atoms with Crippen LogP contribution in [0.4, 0.5) is 5.69 Å². The molecule has 0 saturated carbocycles. The highest BCUT2D eigenvalue weighted by molar-refractivity contribution is 14.0. The predicted molar refractivity (Wildman–Crippen MR) is 84.8 cm³/mol. The van der Waals surface area contributed by atoms with Crippen molar-refractivity contribution >= 4 is 35.6 Å². The van der Waals surface area contributed by atoms with Crippen molar-refractivity contribution in [1.29, 1.82) is 0 Å². The molecule has 0 fully saturated rings. The van der Waals surface area contributed by atoms with Gasteiger partial charge < -0.3 is 20.9 Å². The number of halogens is 1. The maximum absolute atomic E-state index is 9.00. The fraction of sp³-hybridized carbons (Fsp3) is 0.417. The second-order valence-corrected chi connectivity index (χ2v) is 3.61. The molecule has 0 heterocycles. The minimum absolute atomic E-state index is 0. The number of benzene rings is 1. The molecule has 6 heteroatoms. The molecule has 0 aromatic heterocycles. The van der Waals surface area contributed by atoms with Crippen molar-refractivity contribution in [1.82, 2.24) is 0 Å². The van der Waals surface area contributed by atoms with Crippen molar-refractivity contribution < 1.29 is 9.84 Å². The molecule has 1 aromatic carbocycles. The fourth-order valence-corrected chi connectivity index (χ4v) is 1.31. The summed E-state index contributed by atoms with van der Waals surface area (Å²) in [6, 6.07) is 7.21. The molecule has 1 aromatic rings. The molecule has 0 aliphatic rings. The Hall–Kier alpha value is -1.02. The zero-order valence-corrected chi connectivity index (χ0v) is 12.9. The summed E-state index contributed by atoms with van der Waals surface area (Å²) in [4.78, 5) is 4.15. The summed E-state index contributed by atoms with van der Waals surface area (Å²) in [7, 11) is 1.62. The highest BCUT2D eigenvalue weighted by Crippen LogP contribution is 2.14. The van der Waals surface area contributed by atoms with Gasteiger partial charge in [0.2, 0.25) is 0 Å². The largest absolute Gasteiger partial charge is 0.497 e. The van der Waals surface area contributed by atoms with Gasteiger partial charge in [-0.25, -0.2) is 4.99 Å². The van der Waals surface area contributed by atoms with Gasteiger partial charge >= 0.3 is 0 Å². The average Bonchev–Trinajstić information content (AvgIpc) is 2.37. The number of hydrogen-bond donors (Lipinski definition) is 3. The molecule has 0 unspecified atom stereocenters. The molecule has 0 bridgehead atoms. The van der Waals surface area contributed by atoms with Crippen molar-refractivity contribution in [3.05, 3.63) is 24.3 Å². The van der Waals surface area contributed by atoms with E-state index in [0.717, 1.165) is 17.9 Å². The van der Waals surface area contributed by atoms with E-state index in [1.165, 1.54) is 0 Å². The zero-order valence-electron chi connectivity index (χ0n) is 10.6. The van der Waals surface area contributed by atoms with Gasteiger partial charge in [-0.05, 0) is 30.7 Å². The zero-order chi connectivity index (χ0) is 12.7. The van der Waals surface area contributed by atoms with Gasteiger partial charge in [0.1, 0.15) is 5.75 Å². The number of aliphatic imine (C=N–C) groups is 1. The maximum atomic E-state index is 9.00. The van der Waals surface area contributed by atoms with E-state index < -0.39 is 0 Å². The van der Waals surface area contributed by atoms with E-state index in [4.69, 9.17) is 15.6 Å². The van der Waals surface area contributed by atoms with Crippen molar-refractivity contribution in [3.63, 3.8) is 0 Å². The predicted octanol–water partition coefficient (Wildman–Crippen LogP) is 1.81. The monoisotopic (exact) mass is 365 g/mol. The molecule has 0 aliphatic carbocycles. The van der Waals surface area contributed by atoms with Crippen LogP contribution in [-0.4, -0.2) is 30.8 Å². The molecule has 102 valence electrons. The molecule has 0 spiro atoms.